The van der Waals surface area contributed by atoms with Crippen molar-refractivity contribution in [2.45, 2.75) is 0 Å². The number of hydrogen-bond acceptors (Lipinski definition) is 6. The van der Waals surface area contributed by atoms with Crippen LogP contribution < -0.4 is 14.2 Å². The molecule has 38 heavy (non-hydrogen) atoms. The molecule has 6 rings (SSSR count). The van der Waals surface area contributed by atoms with E-state index in [-0.39, 0.29) is 22.9 Å². The van der Waals surface area contributed by atoms with Crippen LogP contribution in [0.5, 0.6) is 17.2 Å². The van der Waals surface area contributed by atoms with Crippen molar-refractivity contribution in [3.63, 3.8) is 0 Å². The first-order chi connectivity index (χ1) is 18.5. The minimum Gasteiger partial charge on any atom is -0.497 e. The largest absolute Gasteiger partial charge is 0.497 e. The average molecular weight is 523 g/mol. The summed E-state index contributed by atoms with van der Waals surface area (Å²) in [4.78, 5) is 26.4. The zero-order chi connectivity index (χ0) is 26.2. The van der Waals surface area contributed by atoms with E-state index < -0.39 is 5.97 Å². The molecule has 1 aliphatic rings. The van der Waals surface area contributed by atoms with Gasteiger partial charge in [-0.3, -0.25) is 4.79 Å². The molecule has 7 heteroatoms. The summed E-state index contributed by atoms with van der Waals surface area (Å²) in [5.74, 6) is 0.711. The Bertz CT molecular complexity index is 1750. The molecule has 0 saturated heterocycles. The van der Waals surface area contributed by atoms with E-state index in [0.29, 0.717) is 44.4 Å². The molecule has 1 aromatic heterocycles. The molecule has 6 nitrogen and oxygen atoms in total. The van der Waals surface area contributed by atoms with Gasteiger partial charge >= 0.3 is 5.97 Å². The molecule has 0 fully saturated rings. The second kappa shape index (κ2) is 9.57. The minimum absolute atomic E-state index is 0.135. The fourth-order valence-electron chi connectivity index (χ4n) is 4.32. The van der Waals surface area contributed by atoms with E-state index in [2.05, 4.69) is 0 Å². The summed E-state index contributed by atoms with van der Waals surface area (Å²) in [5.41, 5.74) is 2.54. The Labute approximate surface area is 222 Å². The molecule has 4 aromatic carbocycles. The van der Waals surface area contributed by atoms with Crippen molar-refractivity contribution >= 4 is 40.4 Å². The van der Waals surface area contributed by atoms with E-state index in [9.17, 15) is 9.59 Å². The molecule has 0 saturated carbocycles. The number of Topliss-reactive ketones (excluding diaryl/α,β-unsaturated/α-hetero) is 1. The molecule has 2 heterocycles. The molecule has 0 amide bonds. The third kappa shape index (κ3) is 4.21. The average Bonchev–Trinajstić information content (AvgIpc) is 3.47. The van der Waals surface area contributed by atoms with Crippen molar-refractivity contribution in [2.24, 2.45) is 0 Å². The normalized spacial score (nSPS) is 13.4. The number of halogens is 1. The SMILES string of the molecule is COc1ccc2oc(-c3ccccc3)c(C(=O)Oc3ccc4c(c3)OC(=Cc3ccccc3Cl)C4=O)c2c1. The molecular formula is C31H19ClO6. The highest BCUT2D eigenvalue weighted by atomic mass is 35.5. The Morgan fingerprint density at radius 1 is 0.895 bits per heavy atom. The number of fused-ring (bicyclic) bond motifs is 2. The second-order valence-electron chi connectivity index (χ2n) is 8.54. The first-order valence-corrected chi connectivity index (χ1v) is 12.1. The van der Waals surface area contributed by atoms with Gasteiger partial charge in [0.05, 0.1) is 12.7 Å². The summed E-state index contributed by atoms with van der Waals surface area (Å²) in [5, 5.41) is 1.06. The Kier molecular flexibility index (Phi) is 5.94. The van der Waals surface area contributed by atoms with Crippen LogP contribution >= 0.6 is 11.6 Å². The van der Waals surface area contributed by atoms with Crippen LogP contribution in [0.3, 0.4) is 0 Å². The first kappa shape index (κ1) is 23.6. The highest BCUT2D eigenvalue weighted by molar-refractivity contribution is 6.32. The van der Waals surface area contributed by atoms with Crippen LogP contribution in [0, 0.1) is 0 Å². The lowest BCUT2D eigenvalue weighted by atomic mass is 10.1. The van der Waals surface area contributed by atoms with Crippen molar-refractivity contribution in [3.05, 3.63) is 118 Å². The van der Waals surface area contributed by atoms with Gasteiger partial charge in [-0.15, -0.1) is 0 Å². The van der Waals surface area contributed by atoms with E-state index in [1.54, 1.807) is 61.7 Å². The number of esters is 1. The van der Waals surface area contributed by atoms with Gasteiger partial charge in [-0.05, 0) is 48.0 Å². The van der Waals surface area contributed by atoms with Crippen molar-refractivity contribution in [1.82, 2.24) is 0 Å². The third-order valence-electron chi connectivity index (χ3n) is 6.18. The number of ether oxygens (including phenoxy) is 3. The summed E-state index contributed by atoms with van der Waals surface area (Å²) in [7, 11) is 1.55. The Morgan fingerprint density at radius 2 is 1.66 bits per heavy atom. The smallest absolute Gasteiger partial charge is 0.348 e. The lowest BCUT2D eigenvalue weighted by Crippen LogP contribution is -2.09. The zero-order valence-corrected chi connectivity index (χ0v) is 20.8. The predicted molar refractivity (Wildman–Crippen MR) is 144 cm³/mol. The second-order valence-corrected chi connectivity index (χ2v) is 8.95. The van der Waals surface area contributed by atoms with Crippen molar-refractivity contribution < 1.29 is 28.2 Å². The number of benzene rings is 4. The van der Waals surface area contributed by atoms with E-state index >= 15 is 0 Å². The Hall–Kier alpha value is -4.81. The fourth-order valence-corrected chi connectivity index (χ4v) is 4.51. The molecular weight excluding hydrogens is 504 g/mol. The maximum absolute atomic E-state index is 13.5. The fraction of sp³-hybridized carbons (Fsp3) is 0.0323. The lowest BCUT2D eigenvalue weighted by Gasteiger charge is -2.07. The quantitative estimate of drug-likeness (QED) is 0.134. The third-order valence-corrected chi connectivity index (χ3v) is 6.52. The van der Waals surface area contributed by atoms with E-state index in [0.717, 1.165) is 5.56 Å². The van der Waals surface area contributed by atoms with Crippen molar-refractivity contribution in [2.75, 3.05) is 7.11 Å². The summed E-state index contributed by atoms with van der Waals surface area (Å²) in [6, 6.07) is 26.4. The molecule has 0 spiro atoms. The first-order valence-electron chi connectivity index (χ1n) is 11.7. The van der Waals surface area contributed by atoms with Gasteiger partial charge in [0.25, 0.3) is 0 Å². The van der Waals surface area contributed by atoms with E-state index in [1.807, 2.05) is 36.4 Å². The van der Waals surface area contributed by atoms with Gasteiger partial charge in [-0.1, -0.05) is 60.1 Å². The number of furan rings is 1. The number of carbonyl (C=O) groups excluding carboxylic acids is 2. The van der Waals surface area contributed by atoms with E-state index in [4.69, 9.17) is 30.2 Å². The molecule has 0 bridgehead atoms. The van der Waals surface area contributed by atoms with Crippen LogP contribution in [0.15, 0.2) is 101 Å². The van der Waals surface area contributed by atoms with Crippen molar-refractivity contribution in [3.8, 4) is 28.6 Å². The van der Waals surface area contributed by atoms with Crippen LogP contribution in [0.25, 0.3) is 28.4 Å². The van der Waals surface area contributed by atoms with Crippen LogP contribution in [-0.2, 0) is 0 Å². The molecule has 0 atom stereocenters. The van der Waals surface area contributed by atoms with Gasteiger partial charge in [-0.2, -0.15) is 0 Å². The van der Waals surface area contributed by atoms with Crippen LogP contribution in [0.1, 0.15) is 26.3 Å². The number of methoxy groups -OCH3 is 1. The number of carbonyl (C=O) groups is 2. The van der Waals surface area contributed by atoms with Gasteiger partial charge in [0.2, 0.25) is 5.78 Å². The van der Waals surface area contributed by atoms with Gasteiger partial charge in [0, 0.05) is 22.0 Å². The standard InChI is InChI=1S/C31H19ClO6/c1-35-20-12-14-25-23(16-20)28(30(38-25)18-7-3-2-4-8-18)31(34)36-21-11-13-22-26(17-21)37-27(29(22)33)15-19-9-5-6-10-24(19)32/h2-17H,1H3. The highest BCUT2D eigenvalue weighted by Crippen LogP contribution is 2.38. The topological polar surface area (TPSA) is 75.0 Å². The van der Waals surface area contributed by atoms with Gasteiger partial charge in [-0.25, -0.2) is 4.79 Å². The molecule has 1 aliphatic heterocycles. The molecule has 0 N–H and O–H groups in total. The van der Waals surface area contributed by atoms with Gasteiger partial charge in [0.1, 0.15) is 34.2 Å². The zero-order valence-electron chi connectivity index (χ0n) is 20.1. The lowest BCUT2D eigenvalue weighted by molar-refractivity contribution is 0.0736. The number of allylic oxidation sites excluding steroid dienone is 1. The minimum atomic E-state index is -0.619. The molecule has 0 unspecified atom stereocenters. The van der Waals surface area contributed by atoms with Crippen LogP contribution in [-0.4, -0.2) is 18.9 Å². The summed E-state index contributed by atoms with van der Waals surface area (Å²) in [6.07, 6.45) is 1.59. The Morgan fingerprint density at radius 3 is 2.45 bits per heavy atom. The van der Waals surface area contributed by atoms with Gasteiger partial charge in [0.15, 0.2) is 5.76 Å². The van der Waals surface area contributed by atoms with E-state index in [1.165, 1.54) is 6.07 Å². The summed E-state index contributed by atoms with van der Waals surface area (Å²) in [6.45, 7) is 0. The number of hydrogen-bond donors (Lipinski definition) is 0. The highest BCUT2D eigenvalue weighted by Gasteiger charge is 2.29. The Balaban J connectivity index is 1.34. The van der Waals surface area contributed by atoms with Gasteiger partial charge < -0.3 is 18.6 Å². The summed E-state index contributed by atoms with van der Waals surface area (Å²) < 4.78 is 23.0. The van der Waals surface area contributed by atoms with Crippen LogP contribution in [0.2, 0.25) is 5.02 Å². The molecule has 186 valence electrons. The summed E-state index contributed by atoms with van der Waals surface area (Å²) >= 11 is 6.23. The maximum Gasteiger partial charge on any atom is 0.348 e. The predicted octanol–water partition coefficient (Wildman–Crippen LogP) is 7.60. The molecule has 5 aromatic rings. The molecule has 0 aliphatic carbocycles. The monoisotopic (exact) mass is 522 g/mol. The number of ketones is 1. The van der Waals surface area contributed by atoms with Crippen LogP contribution in [0.4, 0.5) is 0 Å². The van der Waals surface area contributed by atoms with Crippen molar-refractivity contribution in [1.29, 1.82) is 0 Å². The number of rotatable bonds is 5. The molecule has 0 radical (unpaired) electrons. The maximum atomic E-state index is 13.5.